The van der Waals surface area contributed by atoms with Crippen LogP contribution in [0.3, 0.4) is 0 Å². The van der Waals surface area contributed by atoms with Gasteiger partial charge in [0.25, 0.3) is 0 Å². The summed E-state index contributed by atoms with van der Waals surface area (Å²) in [5.41, 5.74) is 1.05. The molecule has 0 bridgehead atoms. The molecule has 0 aromatic heterocycles. The van der Waals surface area contributed by atoms with Crippen LogP contribution in [-0.2, 0) is 15.3 Å². The third-order valence-electron chi connectivity index (χ3n) is 3.36. The molecule has 2 fully saturated rings. The zero-order chi connectivity index (χ0) is 11.9. The topological polar surface area (TPSA) is 18.5 Å². The van der Waals surface area contributed by atoms with Crippen LogP contribution in [0.2, 0.25) is 5.02 Å². The fraction of sp³-hybridized carbons (Fsp3) is 0.538. The molecule has 0 radical (unpaired) electrons. The first kappa shape index (κ1) is 11.8. The van der Waals surface area contributed by atoms with Crippen LogP contribution in [0.25, 0.3) is 0 Å². The number of alkyl halides is 1. The van der Waals surface area contributed by atoms with Gasteiger partial charge in [-0.2, -0.15) is 0 Å². The first-order valence-corrected chi connectivity index (χ1v) is 6.79. The van der Waals surface area contributed by atoms with E-state index in [1.807, 2.05) is 24.3 Å². The van der Waals surface area contributed by atoms with Crippen molar-refractivity contribution in [1.82, 2.24) is 0 Å². The molecule has 0 amide bonds. The van der Waals surface area contributed by atoms with Gasteiger partial charge in [0.15, 0.2) is 5.79 Å². The average molecular weight is 273 g/mol. The Hall–Kier alpha value is -0.280. The molecule has 1 aromatic rings. The molecule has 1 aliphatic heterocycles. The number of hydrogen-bond acceptors (Lipinski definition) is 2. The highest BCUT2D eigenvalue weighted by Crippen LogP contribution is 2.52. The van der Waals surface area contributed by atoms with E-state index < -0.39 is 5.79 Å². The summed E-state index contributed by atoms with van der Waals surface area (Å²) in [5.74, 6) is 0.351. The minimum atomic E-state index is -0.579. The van der Waals surface area contributed by atoms with E-state index in [4.69, 9.17) is 32.7 Å². The van der Waals surface area contributed by atoms with Gasteiger partial charge in [-0.3, -0.25) is 0 Å². The van der Waals surface area contributed by atoms with E-state index in [0.717, 1.165) is 23.4 Å². The van der Waals surface area contributed by atoms with Crippen molar-refractivity contribution in [1.29, 1.82) is 0 Å². The fourth-order valence-electron chi connectivity index (χ4n) is 2.36. The molecule has 0 spiro atoms. The van der Waals surface area contributed by atoms with E-state index in [1.165, 1.54) is 0 Å². The number of rotatable bonds is 3. The summed E-state index contributed by atoms with van der Waals surface area (Å²) in [6, 6.07) is 7.72. The first-order valence-electron chi connectivity index (χ1n) is 5.88. The smallest absolute Gasteiger partial charge is 0.198 e. The molecular formula is C13H14Cl2O2. The summed E-state index contributed by atoms with van der Waals surface area (Å²) < 4.78 is 12.0. The molecule has 1 saturated heterocycles. The Morgan fingerprint density at radius 2 is 1.94 bits per heavy atom. The second-order valence-corrected chi connectivity index (χ2v) is 5.40. The van der Waals surface area contributed by atoms with Crippen LogP contribution in [0.5, 0.6) is 0 Å². The largest absolute Gasteiger partial charge is 0.343 e. The Labute approximate surface area is 111 Å². The molecule has 4 heteroatoms. The zero-order valence-corrected chi connectivity index (χ0v) is 10.9. The van der Waals surface area contributed by atoms with Crippen LogP contribution < -0.4 is 0 Å². The minimum Gasteiger partial charge on any atom is -0.343 e. The van der Waals surface area contributed by atoms with Gasteiger partial charge in [-0.05, 0) is 25.0 Å². The molecule has 1 aliphatic carbocycles. The van der Waals surface area contributed by atoms with Crippen LogP contribution in [0.1, 0.15) is 18.4 Å². The SMILES string of the molecule is ClCC1COC(c2ccc(Cl)cc2)(C2CC2)O1. The van der Waals surface area contributed by atoms with Gasteiger partial charge in [-0.1, -0.05) is 23.7 Å². The van der Waals surface area contributed by atoms with Crippen LogP contribution in [0.15, 0.2) is 24.3 Å². The van der Waals surface area contributed by atoms with Crippen LogP contribution in [0, 0.1) is 5.92 Å². The molecule has 17 heavy (non-hydrogen) atoms. The van der Waals surface area contributed by atoms with E-state index in [0.29, 0.717) is 18.4 Å². The maximum Gasteiger partial charge on any atom is 0.198 e. The third kappa shape index (κ3) is 2.08. The lowest BCUT2D eigenvalue weighted by atomic mass is 10.0. The Balaban J connectivity index is 1.92. The van der Waals surface area contributed by atoms with Gasteiger partial charge in [-0.15, -0.1) is 11.6 Å². The molecule has 2 atom stereocenters. The van der Waals surface area contributed by atoms with Gasteiger partial charge >= 0.3 is 0 Å². The van der Waals surface area contributed by atoms with E-state index in [9.17, 15) is 0 Å². The summed E-state index contributed by atoms with van der Waals surface area (Å²) in [7, 11) is 0. The first-order chi connectivity index (χ1) is 8.24. The Bertz CT molecular complexity index is 402. The van der Waals surface area contributed by atoms with Crippen molar-refractivity contribution in [3.05, 3.63) is 34.9 Å². The van der Waals surface area contributed by atoms with Crippen LogP contribution >= 0.6 is 23.2 Å². The zero-order valence-electron chi connectivity index (χ0n) is 9.36. The molecule has 2 nitrogen and oxygen atoms in total. The summed E-state index contributed by atoms with van der Waals surface area (Å²) >= 11 is 11.8. The quantitative estimate of drug-likeness (QED) is 0.784. The third-order valence-corrected chi connectivity index (χ3v) is 3.96. The monoisotopic (exact) mass is 272 g/mol. The van der Waals surface area contributed by atoms with E-state index in [2.05, 4.69) is 0 Å². The lowest BCUT2D eigenvalue weighted by Crippen LogP contribution is -2.31. The Morgan fingerprint density at radius 1 is 1.24 bits per heavy atom. The molecule has 2 aliphatic rings. The van der Waals surface area contributed by atoms with E-state index in [1.54, 1.807) is 0 Å². The second-order valence-electron chi connectivity index (χ2n) is 4.65. The maximum atomic E-state index is 6.05. The van der Waals surface area contributed by atoms with E-state index >= 15 is 0 Å². The Morgan fingerprint density at radius 3 is 2.47 bits per heavy atom. The van der Waals surface area contributed by atoms with Crippen molar-refractivity contribution in [2.75, 3.05) is 12.5 Å². The molecule has 92 valence electrons. The standard InChI is InChI=1S/C13H14Cl2O2/c14-7-12-8-16-13(17-12,9-1-2-9)10-3-5-11(15)6-4-10/h3-6,9,12H,1-2,7-8H2. The average Bonchev–Trinajstić information content (AvgIpc) is 3.11. The number of hydrogen-bond donors (Lipinski definition) is 0. The molecule has 0 N–H and O–H groups in total. The summed E-state index contributed by atoms with van der Waals surface area (Å²) in [6.07, 6.45) is 2.29. The number of benzene rings is 1. The highest BCUT2D eigenvalue weighted by atomic mass is 35.5. The predicted octanol–water partition coefficient (Wildman–Crippen LogP) is 3.56. The molecule has 1 saturated carbocycles. The van der Waals surface area contributed by atoms with Gasteiger partial charge < -0.3 is 9.47 Å². The van der Waals surface area contributed by atoms with Crippen molar-refractivity contribution in [2.24, 2.45) is 5.92 Å². The highest BCUT2D eigenvalue weighted by molar-refractivity contribution is 6.30. The fourth-order valence-corrected chi connectivity index (χ4v) is 2.63. The summed E-state index contributed by atoms with van der Waals surface area (Å²) in [5, 5.41) is 0.728. The predicted molar refractivity (Wildman–Crippen MR) is 67.4 cm³/mol. The van der Waals surface area contributed by atoms with Crippen molar-refractivity contribution in [3.63, 3.8) is 0 Å². The van der Waals surface area contributed by atoms with Crippen molar-refractivity contribution < 1.29 is 9.47 Å². The maximum absolute atomic E-state index is 6.05. The lowest BCUT2D eigenvalue weighted by Gasteiger charge is -2.28. The normalized spacial score (nSPS) is 32.9. The summed E-state index contributed by atoms with van der Waals surface area (Å²) in [6.45, 7) is 0.572. The van der Waals surface area contributed by atoms with Crippen molar-refractivity contribution in [2.45, 2.75) is 24.7 Å². The number of halogens is 2. The second kappa shape index (κ2) is 4.43. The van der Waals surface area contributed by atoms with Gasteiger partial charge in [-0.25, -0.2) is 0 Å². The van der Waals surface area contributed by atoms with Crippen molar-refractivity contribution >= 4 is 23.2 Å². The minimum absolute atomic E-state index is 0.00653. The number of ether oxygens (including phenoxy) is 2. The molecule has 1 aromatic carbocycles. The molecule has 3 rings (SSSR count). The Kier molecular flexibility index (Phi) is 3.07. The molecular weight excluding hydrogens is 259 g/mol. The van der Waals surface area contributed by atoms with Gasteiger partial charge in [0, 0.05) is 16.5 Å². The van der Waals surface area contributed by atoms with Crippen molar-refractivity contribution in [3.8, 4) is 0 Å². The lowest BCUT2D eigenvalue weighted by molar-refractivity contribution is -0.191. The van der Waals surface area contributed by atoms with E-state index in [-0.39, 0.29) is 6.10 Å². The highest BCUT2D eigenvalue weighted by Gasteiger charge is 2.53. The van der Waals surface area contributed by atoms with Gasteiger partial charge in [0.05, 0.1) is 18.6 Å². The van der Waals surface area contributed by atoms with Gasteiger partial charge in [0.2, 0.25) is 0 Å². The van der Waals surface area contributed by atoms with Crippen LogP contribution in [-0.4, -0.2) is 18.6 Å². The molecule has 2 unspecified atom stereocenters. The van der Waals surface area contributed by atoms with Crippen LogP contribution in [0.4, 0.5) is 0 Å². The van der Waals surface area contributed by atoms with Gasteiger partial charge in [0.1, 0.15) is 0 Å². The molecule has 1 heterocycles. The summed E-state index contributed by atoms with van der Waals surface area (Å²) in [4.78, 5) is 0.